The van der Waals surface area contributed by atoms with E-state index < -0.39 is 0 Å². The van der Waals surface area contributed by atoms with E-state index in [0.717, 1.165) is 12.8 Å². The topological polar surface area (TPSA) is 94.3 Å². The summed E-state index contributed by atoms with van der Waals surface area (Å²) in [5.41, 5.74) is 1.19. The maximum Gasteiger partial charge on any atom is 0.330 e. The van der Waals surface area contributed by atoms with Gasteiger partial charge in [0, 0.05) is 33.8 Å². The van der Waals surface area contributed by atoms with E-state index in [9.17, 15) is 9.59 Å². The monoisotopic (exact) mass is 334 g/mol. The van der Waals surface area contributed by atoms with Gasteiger partial charge in [0.1, 0.15) is 11.8 Å². The third-order valence-corrected chi connectivity index (χ3v) is 4.39. The normalized spacial score (nSPS) is 18.1. The number of carbonyl (C=O) groups is 1. The van der Waals surface area contributed by atoms with Crippen LogP contribution in [0.15, 0.2) is 17.3 Å². The lowest BCUT2D eigenvalue weighted by Gasteiger charge is -2.33. The van der Waals surface area contributed by atoms with Crippen LogP contribution in [-0.4, -0.2) is 63.4 Å². The van der Waals surface area contributed by atoms with E-state index in [-0.39, 0.29) is 17.8 Å². The summed E-state index contributed by atoms with van der Waals surface area (Å²) < 4.78 is 8.18. The molecule has 24 heavy (non-hydrogen) atoms. The van der Waals surface area contributed by atoms with Crippen LogP contribution in [0.25, 0.3) is 11.2 Å². The molecule has 1 saturated heterocycles. The molecule has 1 aliphatic rings. The molecule has 1 N–H and O–H groups in total. The summed E-state index contributed by atoms with van der Waals surface area (Å²) in [6, 6.07) is -0.210. The molecule has 0 aromatic carbocycles. The van der Waals surface area contributed by atoms with Crippen LogP contribution in [0.4, 0.5) is 4.79 Å². The molecule has 130 valence electrons. The Balaban J connectivity index is 1.82. The fourth-order valence-corrected chi connectivity index (χ4v) is 3.14. The largest absolute Gasteiger partial charge is 0.383 e. The van der Waals surface area contributed by atoms with Crippen LogP contribution < -0.4 is 11.0 Å². The highest BCUT2D eigenvalue weighted by Gasteiger charge is 2.28. The molecule has 0 spiro atoms. The van der Waals surface area contributed by atoms with Crippen molar-refractivity contribution in [1.29, 1.82) is 0 Å². The molecule has 0 bridgehead atoms. The summed E-state index contributed by atoms with van der Waals surface area (Å²) >= 11 is 0. The molecular formula is C15H22N6O3. The summed E-state index contributed by atoms with van der Waals surface area (Å²) in [6.45, 7) is 2.12. The van der Waals surface area contributed by atoms with Gasteiger partial charge in [0.2, 0.25) is 0 Å². The van der Waals surface area contributed by atoms with Crippen molar-refractivity contribution in [3.63, 3.8) is 0 Å². The Morgan fingerprint density at radius 1 is 1.50 bits per heavy atom. The zero-order valence-corrected chi connectivity index (χ0v) is 13.9. The van der Waals surface area contributed by atoms with Gasteiger partial charge in [-0.05, 0) is 12.8 Å². The Hall–Kier alpha value is -2.42. The second kappa shape index (κ2) is 7.00. The first-order valence-corrected chi connectivity index (χ1v) is 8.02. The predicted molar refractivity (Wildman–Crippen MR) is 87.9 cm³/mol. The van der Waals surface area contributed by atoms with E-state index in [1.165, 1.54) is 6.33 Å². The third-order valence-electron chi connectivity index (χ3n) is 4.39. The highest BCUT2D eigenvalue weighted by atomic mass is 16.5. The fraction of sp³-hybridized carbons (Fsp3) is 0.600. The molecule has 3 heterocycles. The summed E-state index contributed by atoms with van der Waals surface area (Å²) in [7, 11) is 3.31. The van der Waals surface area contributed by atoms with Gasteiger partial charge in [0.15, 0.2) is 5.65 Å². The number of piperidine rings is 1. The minimum atomic E-state index is -0.128. The lowest BCUT2D eigenvalue weighted by molar-refractivity contribution is 0.158. The van der Waals surface area contributed by atoms with Crippen molar-refractivity contribution < 1.29 is 9.53 Å². The fourth-order valence-electron chi connectivity index (χ4n) is 3.14. The smallest absolute Gasteiger partial charge is 0.330 e. The maximum absolute atomic E-state index is 12.6. The average molecular weight is 334 g/mol. The first kappa shape index (κ1) is 16.4. The Bertz CT molecular complexity index is 783. The molecule has 3 rings (SSSR count). The van der Waals surface area contributed by atoms with Crippen LogP contribution in [0.2, 0.25) is 0 Å². The molecule has 1 aliphatic heterocycles. The number of ether oxygens (including phenoxy) is 1. The molecule has 0 unspecified atom stereocenters. The van der Waals surface area contributed by atoms with Crippen LogP contribution >= 0.6 is 0 Å². The van der Waals surface area contributed by atoms with Crippen molar-refractivity contribution in [2.45, 2.75) is 18.9 Å². The number of aryl methyl sites for hydroxylation is 1. The number of imidazole rings is 1. The molecule has 9 heteroatoms. The number of carbonyl (C=O) groups excluding carboxylic acids is 1. The maximum atomic E-state index is 12.6. The molecule has 2 aromatic rings. The lowest BCUT2D eigenvalue weighted by atomic mass is 10.1. The number of methoxy groups -OCH3 is 1. The summed E-state index contributed by atoms with van der Waals surface area (Å²) in [5, 5.41) is 2.83. The number of rotatable bonds is 4. The summed E-state index contributed by atoms with van der Waals surface area (Å²) in [6.07, 6.45) is 4.76. The van der Waals surface area contributed by atoms with Gasteiger partial charge in [-0.25, -0.2) is 19.6 Å². The minimum Gasteiger partial charge on any atom is -0.383 e. The standard InChI is InChI=1S/C15H22N6O3/c1-19-12-8-16-10-18-13(12)21(15(19)23)11-4-3-6-20(9-11)14(22)17-5-7-24-2/h8,10-11H,3-7,9H2,1-2H3,(H,17,22)/t11-/m1/s1. The number of hydrogen-bond acceptors (Lipinski definition) is 5. The number of nitrogens with one attached hydrogen (secondary N) is 1. The highest BCUT2D eigenvalue weighted by molar-refractivity contribution is 5.74. The Morgan fingerprint density at radius 3 is 3.12 bits per heavy atom. The number of urea groups is 1. The molecule has 2 aromatic heterocycles. The molecule has 9 nitrogen and oxygen atoms in total. The van der Waals surface area contributed by atoms with Gasteiger partial charge >= 0.3 is 11.7 Å². The quantitative estimate of drug-likeness (QED) is 0.802. The first-order chi connectivity index (χ1) is 11.6. The van der Waals surface area contributed by atoms with Crippen molar-refractivity contribution in [3.05, 3.63) is 23.0 Å². The highest BCUT2D eigenvalue weighted by Crippen LogP contribution is 2.23. The van der Waals surface area contributed by atoms with E-state index in [0.29, 0.717) is 37.4 Å². The van der Waals surface area contributed by atoms with Crippen LogP contribution in [0.3, 0.4) is 0 Å². The van der Waals surface area contributed by atoms with Gasteiger partial charge in [-0.1, -0.05) is 0 Å². The second-order valence-corrected chi connectivity index (χ2v) is 5.91. The zero-order chi connectivity index (χ0) is 17.1. The van der Waals surface area contributed by atoms with Crippen molar-refractivity contribution in [2.24, 2.45) is 7.05 Å². The Morgan fingerprint density at radius 2 is 2.33 bits per heavy atom. The Kier molecular flexibility index (Phi) is 4.79. The number of hydrogen-bond donors (Lipinski definition) is 1. The van der Waals surface area contributed by atoms with E-state index in [1.807, 2.05) is 0 Å². The average Bonchev–Trinajstić information content (AvgIpc) is 2.86. The van der Waals surface area contributed by atoms with Crippen molar-refractivity contribution in [1.82, 2.24) is 29.3 Å². The van der Waals surface area contributed by atoms with Gasteiger partial charge in [-0.15, -0.1) is 0 Å². The number of likely N-dealkylation sites (tertiary alicyclic amines) is 1. The number of nitrogens with zero attached hydrogens (tertiary/aromatic N) is 5. The molecule has 1 fully saturated rings. The van der Waals surface area contributed by atoms with Crippen LogP contribution in [0.5, 0.6) is 0 Å². The molecule has 0 saturated carbocycles. The first-order valence-electron chi connectivity index (χ1n) is 8.02. The van der Waals surface area contributed by atoms with Crippen molar-refractivity contribution in [2.75, 3.05) is 33.4 Å². The molecule has 0 aliphatic carbocycles. The molecule has 1 atom stereocenters. The SMILES string of the molecule is COCCNC(=O)N1CCC[C@@H](n2c(=O)n(C)c3cncnc32)C1. The van der Waals surface area contributed by atoms with Crippen LogP contribution in [-0.2, 0) is 11.8 Å². The van der Waals surface area contributed by atoms with Crippen LogP contribution in [0, 0.1) is 0 Å². The van der Waals surface area contributed by atoms with E-state index in [4.69, 9.17) is 4.74 Å². The summed E-state index contributed by atoms with van der Waals surface area (Å²) in [4.78, 5) is 34.8. The van der Waals surface area contributed by atoms with Gasteiger partial charge in [-0.3, -0.25) is 9.13 Å². The number of amides is 2. The second-order valence-electron chi connectivity index (χ2n) is 5.91. The van der Waals surface area contributed by atoms with Crippen molar-refractivity contribution in [3.8, 4) is 0 Å². The molecule has 0 radical (unpaired) electrons. The minimum absolute atomic E-state index is 0.0852. The van der Waals surface area contributed by atoms with Gasteiger partial charge in [-0.2, -0.15) is 0 Å². The van der Waals surface area contributed by atoms with Crippen LogP contribution in [0.1, 0.15) is 18.9 Å². The zero-order valence-electron chi connectivity index (χ0n) is 13.9. The predicted octanol–water partition coefficient (Wildman–Crippen LogP) is 0.123. The van der Waals surface area contributed by atoms with Gasteiger partial charge in [0.05, 0.1) is 18.8 Å². The lowest BCUT2D eigenvalue weighted by Crippen LogP contribution is -2.47. The third kappa shape index (κ3) is 2.99. The Labute approximate surface area is 139 Å². The summed E-state index contributed by atoms with van der Waals surface area (Å²) in [5.74, 6) is 0. The van der Waals surface area contributed by atoms with Gasteiger partial charge < -0.3 is 15.0 Å². The van der Waals surface area contributed by atoms with E-state index in [1.54, 1.807) is 34.4 Å². The number of aromatic nitrogens is 4. The molecule has 2 amide bonds. The molecular weight excluding hydrogens is 312 g/mol. The van der Waals surface area contributed by atoms with E-state index in [2.05, 4.69) is 15.3 Å². The van der Waals surface area contributed by atoms with Crippen molar-refractivity contribution >= 4 is 17.2 Å². The van der Waals surface area contributed by atoms with Gasteiger partial charge in [0.25, 0.3) is 0 Å². The number of fused-ring (bicyclic) bond motifs is 1. The van der Waals surface area contributed by atoms with E-state index >= 15 is 0 Å².